The summed E-state index contributed by atoms with van der Waals surface area (Å²) in [5.74, 6) is -1.66. The lowest BCUT2D eigenvalue weighted by Crippen LogP contribution is -2.50. The fraction of sp³-hybridized carbons (Fsp3) is 0.375. The van der Waals surface area contributed by atoms with Crippen molar-refractivity contribution in [2.45, 2.75) is 12.6 Å². The number of carbonyl (C=O) groups excluding carboxylic acids is 2. The van der Waals surface area contributed by atoms with E-state index in [1.54, 1.807) is 0 Å². The molecule has 1 heterocycles. The molecule has 1 aromatic rings. The van der Waals surface area contributed by atoms with Crippen molar-refractivity contribution in [1.82, 2.24) is 9.80 Å². The van der Waals surface area contributed by atoms with E-state index in [2.05, 4.69) is 0 Å². The second kappa shape index (κ2) is 7.46. The standard InChI is InChI=1S/C16H16F4N2O2/c17-13-4-1-12(2-5-13)3-6-14(23)21-7-9-22(10-8-21)15(24)11-16(18,19)20/h1-6H,7-11H2/b6-3-. The molecule has 8 heteroatoms. The highest BCUT2D eigenvalue weighted by molar-refractivity contribution is 5.92. The van der Waals surface area contributed by atoms with Gasteiger partial charge in [0.2, 0.25) is 11.8 Å². The van der Waals surface area contributed by atoms with Crippen LogP contribution >= 0.6 is 0 Å². The second-order valence-corrected chi connectivity index (χ2v) is 5.38. The molecule has 4 nitrogen and oxygen atoms in total. The van der Waals surface area contributed by atoms with Gasteiger partial charge in [0.05, 0.1) is 0 Å². The van der Waals surface area contributed by atoms with Gasteiger partial charge in [-0.2, -0.15) is 13.2 Å². The zero-order valence-corrected chi connectivity index (χ0v) is 12.7. The first-order valence-corrected chi connectivity index (χ1v) is 7.32. The molecular formula is C16H16F4N2O2. The summed E-state index contributed by atoms with van der Waals surface area (Å²) in [6.07, 6.45) is -3.16. The van der Waals surface area contributed by atoms with Gasteiger partial charge in [-0.05, 0) is 23.8 Å². The number of nitrogens with zero attached hydrogens (tertiary/aromatic N) is 2. The van der Waals surface area contributed by atoms with Crippen molar-refractivity contribution in [2.24, 2.45) is 0 Å². The fourth-order valence-electron chi connectivity index (χ4n) is 2.31. The van der Waals surface area contributed by atoms with E-state index in [0.29, 0.717) is 5.56 Å². The summed E-state index contributed by atoms with van der Waals surface area (Å²) >= 11 is 0. The molecule has 2 amide bonds. The average Bonchev–Trinajstić information content (AvgIpc) is 2.52. The number of rotatable bonds is 3. The molecule has 0 atom stereocenters. The molecule has 0 spiro atoms. The third-order valence-corrected chi connectivity index (χ3v) is 3.58. The molecule has 0 bridgehead atoms. The smallest absolute Gasteiger partial charge is 0.339 e. The molecule has 0 N–H and O–H groups in total. The predicted octanol–water partition coefficient (Wildman–Crippen LogP) is 2.46. The predicted molar refractivity (Wildman–Crippen MR) is 79.3 cm³/mol. The first-order chi connectivity index (χ1) is 11.2. The van der Waals surface area contributed by atoms with Crippen LogP contribution in [0.3, 0.4) is 0 Å². The zero-order valence-electron chi connectivity index (χ0n) is 12.7. The van der Waals surface area contributed by atoms with Gasteiger partial charge in [-0.3, -0.25) is 9.59 Å². The van der Waals surface area contributed by atoms with Gasteiger partial charge in [0, 0.05) is 32.3 Å². The highest BCUT2D eigenvalue weighted by atomic mass is 19.4. The molecule has 1 aromatic carbocycles. The summed E-state index contributed by atoms with van der Waals surface area (Å²) in [6, 6.07) is 5.59. The Balaban J connectivity index is 1.84. The first kappa shape index (κ1) is 18.0. The normalized spacial score (nSPS) is 15.8. The maximum absolute atomic E-state index is 12.8. The van der Waals surface area contributed by atoms with Crippen LogP contribution in [0.15, 0.2) is 30.3 Å². The zero-order chi connectivity index (χ0) is 17.7. The molecule has 0 radical (unpaired) electrons. The van der Waals surface area contributed by atoms with Gasteiger partial charge in [0.15, 0.2) is 0 Å². The number of halogens is 4. The van der Waals surface area contributed by atoms with E-state index in [1.165, 1.54) is 41.3 Å². The maximum Gasteiger partial charge on any atom is 0.397 e. The van der Waals surface area contributed by atoms with Gasteiger partial charge in [-0.1, -0.05) is 12.1 Å². The number of amides is 2. The molecule has 1 fully saturated rings. The third kappa shape index (κ3) is 5.36. The van der Waals surface area contributed by atoms with Crippen molar-refractivity contribution >= 4 is 17.9 Å². The number of alkyl halides is 3. The molecule has 0 aromatic heterocycles. The van der Waals surface area contributed by atoms with Crippen LogP contribution in [0.25, 0.3) is 6.08 Å². The molecule has 1 aliphatic rings. The van der Waals surface area contributed by atoms with Crippen LogP contribution in [0.1, 0.15) is 12.0 Å². The van der Waals surface area contributed by atoms with Crippen molar-refractivity contribution in [2.75, 3.05) is 26.2 Å². The lowest BCUT2D eigenvalue weighted by molar-refractivity contribution is -0.163. The fourth-order valence-corrected chi connectivity index (χ4v) is 2.31. The van der Waals surface area contributed by atoms with E-state index in [4.69, 9.17) is 0 Å². The molecule has 0 aliphatic carbocycles. The summed E-state index contributed by atoms with van der Waals surface area (Å²) in [4.78, 5) is 26.1. The van der Waals surface area contributed by atoms with Crippen LogP contribution in [0, 0.1) is 5.82 Å². The Morgan fingerprint density at radius 1 is 1.00 bits per heavy atom. The quantitative estimate of drug-likeness (QED) is 0.624. The second-order valence-electron chi connectivity index (χ2n) is 5.38. The average molecular weight is 344 g/mol. The van der Waals surface area contributed by atoms with Crippen molar-refractivity contribution < 1.29 is 27.2 Å². The minimum atomic E-state index is -4.53. The number of carbonyl (C=O) groups is 2. The summed E-state index contributed by atoms with van der Waals surface area (Å²) in [6.45, 7) is 0.502. The van der Waals surface area contributed by atoms with Gasteiger partial charge in [0.1, 0.15) is 12.2 Å². The first-order valence-electron chi connectivity index (χ1n) is 7.32. The van der Waals surface area contributed by atoms with E-state index in [9.17, 15) is 27.2 Å². The van der Waals surface area contributed by atoms with E-state index in [-0.39, 0.29) is 37.9 Å². The van der Waals surface area contributed by atoms with Gasteiger partial charge in [0.25, 0.3) is 0 Å². The molecular weight excluding hydrogens is 328 g/mol. The van der Waals surface area contributed by atoms with Crippen molar-refractivity contribution in [3.8, 4) is 0 Å². The minimum absolute atomic E-state index is 0.0744. The maximum atomic E-state index is 12.8. The lowest BCUT2D eigenvalue weighted by Gasteiger charge is -2.34. The number of hydrogen-bond acceptors (Lipinski definition) is 2. The Morgan fingerprint density at radius 3 is 2.08 bits per heavy atom. The van der Waals surface area contributed by atoms with Crippen molar-refractivity contribution in [3.05, 3.63) is 41.7 Å². The third-order valence-electron chi connectivity index (χ3n) is 3.58. The highest BCUT2D eigenvalue weighted by Gasteiger charge is 2.34. The van der Waals surface area contributed by atoms with E-state index in [1.807, 2.05) is 0 Å². The summed E-state index contributed by atoms with van der Waals surface area (Å²) in [7, 11) is 0. The van der Waals surface area contributed by atoms with Crippen LogP contribution in [0.2, 0.25) is 0 Å². The molecule has 0 saturated carbocycles. The Kier molecular flexibility index (Phi) is 5.58. The Morgan fingerprint density at radius 2 is 1.54 bits per heavy atom. The largest absolute Gasteiger partial charge is 0.397 e. The molecule has 24 heavy (non-hydrogen) atoms. The van der Waals surface area contributed by atoms with Gasteiger partial charge in [-0.15, -0.1) is 0 Å². The van der Waals surface area contributed by atoms with Crippen LogP contribution in [-0.2, 0) is 9.59 Å². The van der Waals surface area contributed by atoms with Crippen molar-refractivity contribution in [3.63, 3.8) is 0 Å². The minimum Gasteiger partial charge on any atom is -0.339 e. The number of hydrogen-bond donors (Lipinski definition) is 0. The van der Waals surface area contributed by atoms with Gasteiger partial charge >= 0.3 is 6.18 Å². The Labute approximate surface area is 136 Å². The van der Waals surface area contributed by atoms with E-state index >= 15 is 0 Å². The molecule has 1 aliphatic heterocycles. The highest BCUT2D eigenvalue weighted by Crippen LogP contribution is 2.21. The number of piperazine rings is 1. The van der Waals surface area contributed by atoms with Crippen LogP contribution in [0.5, 0.6) is 0 Å². The Bertz CT molecular complexity index is 618. The molecule has 130 valence electrons. The summed E-state index contributed by atoms with van der Waals surface area (Å²) < 4.78 is 49.4. The summed E-state index contributed by atoms with van der Waals surface area (Å²) in [5, 5.41) is 0. The molecule has 0 unspecified atom stereocenters. The lowest BCUT2D eigenvalue weighted by atomic mass is 10.2. The summed E-state index contributed by atoms with van der Waals surface area (Å²) in [5.41, 5.74) is 0.656. The molecule has 2 rings (SSSR count). The van der Waals surface area contributed by atoms with Crippen LogP contribution < -0.4 is 0 Å². The van der Waals surface area contributed by atoms with Gasteiger partial charge in [-0.25, -0.2) is 4.39 Å². The Hall–Kier alpha value is -2.38. The topological polar surface area (TPSA) is 40.6 Å². The van der Waals surface area contributed by atoms with E-state index < -0.39 is 18.5 Å². The van der Waals surface area contributed by atoms with Crippen LogP contribution in [0.4, 0.5) is 17.6 Å². The SMILES string of the molecule is O=C(/C=C\c1ccc(F)cc1)N1CCN(C(=O)CC(F)(F)F)CC1. The van der Waals surface area contributed by atoms with Gasteiger partial charge < -0.3 is 9.80 Å². The van der Waals surface area contributed by atoms with Crippen LogP contribution in [-0.4, -0.2) is 54.0 Å². The molecule has 1 saturated heterocycles. The van der Waals surface area contributed by atoms with E-state index in [0.717, 1.165) is 4.90 Å². The monoisotopic (exact) mass is 344 g/mol. The number of benzene rings is 1. The van der Waals surface area contributed by atoms with Crippen molar-refractivity contribution in [1.29, 1.82) is 0 Å².